The number of carbonyl (C=O) groups excluding carboxylic acids is 1. The molecule has 122 valence electrons. The number of hydroxylamine groups is 1. The molecule has 0 unspecified atom stereocenters. The number of hydrogen-bond donors (Lipinski definition) is 3. The molecule has 6 nitrogen and oxygen atoms in total. The summed E-state index contributed by atoms with van der Waals surface area (Å²) in [4.78, 5) is 21.1. The predicted octanol–water partition coefficient (Wildman–Crippen LogP) is 1.29. The molecule has 2 rings (SSSR count). The molecule has 0 saturated heterocycles. The fourth-order valence-electron chi connectivity index (χ4n) is 1.92. The topological polar surface area (TPSA) is 91.7 Å². The zero-order valence-corrected chi connectivity index (χ0v) is 14.4. The maximum absolute atomic E-state index is 12.2. The average molecular weight is 428 g/mol. The lowest BCUT2D eigenvalue weighted by Gasteiger charge is -2.11. The third-order valence-corrected chi connectivity index (χ3v) is 3.83. The van der Waals surface area contributed by atoms with Crippen LogP contribution in [0.2, 0.25) is 0 Å². The number of nitrogens with zero attached hydrogens (tertiary/aromatic N) is 1. The zero-order chi connectivity index (χ0) is 16.7. The number of hydrogen-bond acceptors (Lipinski definition) is 5. The van der Waals surface area contributed by atoms with Crippen LogP contribution in [-0.4, -0.2) is 40.4 Å². The van der Waals surface area contributed by atoms with Crippen molar-refractivity contribution >= 4 is 28.5 Å². The zero-order valence-electron chi connectivity index (χ0n) is 12.3. The van der Waals surface area contributed by atoms with E-state index in [0.717, 1.165) is 14.7 Å². The summed E-state index contributed by atoms with van der Waals surface area (Å²) >= 11 is 2.24. The Bertz CT molecular complexity index is 649. The number of nitrogens with one attached hydrogen (secondary N) is 1. The van der Waals surface area contributed by atoms with E-state index in [4.69, 9.17) is 9.94 Å². The molecule has 7 heteroatoms. The number of rotatable bonds is 7. The molecule has 0 aliphatic rings. The largest absolute Gasteiger partial charge is 0.394 e. The summed E-state index contributed by atoms with van der Waals surface area (Å²) in [7, 11) is 0. The molecule has 0 radical (unpaired) electrons. The van der Waals surface area contributed by atoms with Crippen LogP contribution in [0.15, 0.2) is 42.7 Å². The van der Waals surface area contributed by atoms with Crippen molar-refractivity contribution in [3.8, 4) is 0 Å². The quantitative estimate of drug-likeness (QED) is 0.457. The third kappa shape index (κ3) is 5.54. The Morgan fingerprint density at radius 2 is 2.04 bits per heavy atom. The van der Waals surface area contributed by atoms with Gasteiger partial charge in [0.25, 0.3) is 5.91 Å². The molecule has 3 N–H and O–H groups in total. The van der Waals surface area contributed by atoms with Crippen LogP contribution in [-0.2, 0) is 11.3 Å². The van der Waals surface area contributed by atoms with Crippen molar-refractivity contribution in [2.24, 2.45) is 0 Å². The Morgan fingerprint density at radius 3 is 2.74 bits per heavy atom. The summed E-state index contributed by atoms with van der Waals surface area (Å²) in [6.45, 7) is -0.608. The van der Waals surface area contributed by atoms with Gasteiger partial charge in [-0.3, -0.25) is 14.6 Å². The summed E-state index contributed by atoms with van der Waals surface area (Å²) in [5.74, 6) is -0.418. The minimum Gasteiger partial charge on any atom is -0.394 e. The van der Waals surface area contributed by atoms with E-state index < -0.39 is 18.6 Å². The Hall–Kier alpha value is -1.55. The molecule has 1 aromatic carbocycles. The van der Waals surface area contributed by atoms with E-state index >= 15 is 0 Å². The van der Waals surface area contributed by atoms with Gasteiger partial charge in [-0.05, 0) is 58.3 Å². The van der Waals surface area contributed by atoms with Crippen molar-refractivity contribution in [2.45, 2.75) is 12.5 Å². The van der Waals surface area contributed by atoms with E-state index in [1.165, 1.54) is 6.20 Å². The first-order valence-electron chi connectivity index (χ1n) is 6.98. The normalized spacial score (nSPS) is 12.0. The standard InChI is InChI=1S/C16H17IN2O4/c17-13-3-1-11(2-4-13)7-12-8-18-6-5-15(12)16(22)19-23-10-14(21)9-20/h1-6,8,14,20-21H,7,9-10H2,(H,19,22)/t14-/m1/s1. The Kier molecular flexibility index (Phi) is 6.90. The number of carbonyl (C=O) groups is 1. The number of aliphatic hydroxyl groups is 2. The molecule has 0 aliphatic carbocycles. The van der Waals surface area contributed by atoms with Gasteiger partial charge < -0.3 is 10.2 Å². The summed E-state index contributed by atoms with van der Waals surface area (Å²) in [6, 6.07) is 9.63. The van der Waals surface area contributed by atoms with Crippen LogP contribution in [0.1, 0.15) is 21.5 Å². The second-order valence-corrected chi connectivity index (χ2v) is 6.16. The van der Waals surface area contributed by atoms with Gasteiger partial charge in [0.2, 0.25) is 0 Å². The minimum atomic E-state index is -1.03. The molecule has 1 aromatic heterocycles. The molecule has 23 heavy (non-hydrogen) atoms. The van der Waals surface area contributed by atoms with Crippen LogP contribution in [0.3, 0.4) is 0 Å². The lowest BCUT2D eigenvalue weighted by Crippen LogP contribution is -2.30. The highest BCUT2D eigenvalue weighted by molar-refractivity contribution is 14.1. The van der Waals surface area contributed by atoms with Crippen LogP contribution in [0.4, 0.5) is 0 Å². The summed E-state index contributed by atoms with van der Waals surface area (Å²) in [5.41, 5.74) is 4.56. The fraction of sp³-hybridized carbons (Fsp3) is 0.250. The maximum atomic E-state index is 12.2. The molecule has 0 saturated carbocycles. The molecule has 2 aromatic rings. The van der Waals surface area contributed by atoms with Crippen LogP contribution in [0.25, 0.3) is 0 Å². The van der Waals surface area contributed by atoms with E-state index in [2.05, 4.69) is 33.1 Å². The Balaban J connectivity index is 2.04. The lowest BCUT2D eigenvalue weighted by molar-refractivity contribution is -0.0295. The van der Waals surface area contributed by atoms with Gasteiger partial charge in [0.1, 0.15) is 12.7 Å². The number of amides is 1. The molecule has 1 atom stereocenters. The lowest BCUT2D eigenvalue weighted by atomic mass is 10.0. The van der Waals surface area contributed by atoms with Crippen molar-refractivity contribution in [1.82, 2.24) is 10.5 Å². The second-order valence-electron chi connectivity index (χ2n) is 4.91. The van der Waals surface area contributed by atoms with Crippen molar-refractivity contribution in [2.75, 3.05) is 13.2 Å². The number of aromatic nitrogens is 1. The highest BCUT2D eigenvalue weighted by atomic mass is 127. The molecule has 1 amide bonds. The van der Waals surface area contributed by atoms with Crippen LogP contribution >= 0.6 is 22.6 Å². The summed E-state index contributed by atoms with van der Waals surface area (Å²) in [5, 5.41) is 17.9. The molecule has 0 bridgehead atoms. The number of benzene rings is 1. The van der Waals surface area contributed by atoms with Gasteiger partial charge in [0, 0.05) is 21.5 Å². The molecule has 0 spiro atoms. The van der Waals surface area contributed by atoms with Crippen LogP contribution in [0, 0.1) is 3.57 Å². The number of halogens is 1. The number of aliphatic hydroxyl groups excluding tert-OH is 2. The van der Waals surface area contributed by atoms with Gasteiger partial charge in [0.05, 0.1) is 6.61 Å². The van der Waals surface area contributed by atoms with Crippen molar-refractivity contribution in [3.63, 3.8) is 0 Å². The molecule has 1 heterocycles. The maximum Gasteiger partial charge on any atom is 0.275 e. The van der Waals surface area contributed by atoms with Gasteiger partial charge in [-0.25, -0.2) is 5.48 Å². The van der Waals surface area contributed by atoms with Crippen molar-refractivity contribution in [1.29, 1.82) is 0 Å². The van der Waals surface area contributed by atoms with E-state index in [0.29, 0.717) is 12.0 Å². The van der Waals surface area contributed by atoms with Gasteiger partial charge in [-0.2, -0.15) is 0 Å². The van der Waals surface area contributed by atoms with Gasteiger partial charge in [-0.1, -0.05) is 12.1 Å². The Morgan fingerprint density at radius 1 is 1.30 bits per heavy atom. The number of pyridine rings is 1. The van der Waals surface area contributed by atoms with Crippen LogP contribution in [0.5, 0.6) is 0 Å². The minimum absolute atomic E-state index is 0.181. The summed E-state index contributed by atoms with van der Waals surface area (Å²) < 4.78 is 1.14. The van der Waals surface area contributed by atoms with E-state index in [-0.39, 0.29) is 6.61 Å². The van der Waals surface area contributed by atoms with Gasteiger partial charge in [-0.15, -0.1) is 0 Å². The van der Waals surface area contributed by atoms with E-state index in [1.807, 2.05) is 24.3 Å². The third-order valence-electron chi connectivity index (χ3n) is 3.11. The first kappa shape index (κ1) is 17.8. The highest BCUT2D eigenvalue weighted by Gasteiger charge is 2.13. The van der Waals surface area contributed by atoms with Crippen molar-refractivity contribution in [3.05, 3.63) is 63.0 Å². The first-order valence-corrected chi connectivity index (χ1v) is 8.06. The van der Waals surface area contributed by atoms with Gasteiger partial charge in [0.15, 0.2) is 0 Å². The predicted molar refractivity (Wildman–Crippen MR) is 92.7 cm³/mol. The highest BCUT2D eigenvalue weighted by Crippen LogP contribution is 2.15. The smallest absolute Gasteiger partial charge is 0.275 e. The molecule has 0 aliphatic heterocycles. The van der Waals surface area contributed by atoms with Gasteiger partial charge >= 0.3 is 0 Å². The van der Waals surface area contributed by atoms with Crippen LogP contribution < -0.4 is 5.48 Å². The first-order chi connectivity index (χ1) is 11.1. The fourth-order valence-corrected chi connectivity index (χ4v) is 2.28. The van der Waals surface area contributed by atoms with E-state index in [9.17, 15) is 9.90 Å². The van der Waals surface area contributed by atoms with Crippen molar-refractivity contribution < 1.29 is 19.8 Å². The SMILES string of the molecule is O=C(NOC[C@H](O)CO)c1ccncc1Cc1ccc(I)cc1. The van der Waals surface area contributed by atoms with E-state index in [1.54, 1.807) is 12.3 Å². The molecular weight excluding hydrogens is 411 g/mol. The molecule has 0 fully saturated rings. The summed E-state index contributed by atoms with van der Waals surface area (Å²) in [6.07, 6.45) is 2.73. The molecular formula is C16H17IN2O4. The monoisotopic (exact) mass is 428 g/mol. The average Bonchev–Trinajstić information content (AvgIpc) is 2.57. The Labute approximate surface area is 147 Å². The second kappa shape index (κ2) is 8.92.